The zero-order valence-electron chi connectivity index (χ0n) is 38.9. The fourth-order valence-corrected chi connectivity index (χ4v) is 7.58. The van der Waals surface area contributed by atoms with E-state index in [1.54, 1.807) is 0 Å². The van der Waals surface area contributed by atoms with Crippen LogP contribution >= 0.6 is 0 Å². The highest BCUT2D eigenvalue weighted by Crippen LogP contribution is 2.58. The lowest BCUT2D eigenvalue weighted by Gasteiger charge is -2.63. The van der Waals surface area contributed by atoms with Crippen molar-refractivity contribution in [1.82, 2.24) is 0 Å². The average Bonchev–Trinajstić information content (AvgIpc) is 3.21. The third-order valence-corrected chi connectivity index (χ3v) is 10.6. The molecule has 350 valence electrons. The summed E-state index contributed by atoms with van der Waals surface area (Å²) in [6.45, 7) is 13.2. The van der Waals surface area contributed by atoms with Crippen molar-refractivity contribution in [3.05, 3.63) is 85.1 Å². The van der Waals surface area contributed by atoms with Crippen LogP contribution in [0.3, 0.4) is 0 Å². The molecule has 6 heterocycles. The lowest BCUT2D eigenvalue weighted by atomic mass is 10.1. The van der Waals surface area contributed by atoms with Gasteiger partial charge in [0.2, 0.25) is 0 Å². The molecule has 0 atom stereocenters. The predicted molar refractivity (Wildman–Crippen MR) is 237 cm³/mol. The van der Waals surface area contributed by atoms with Crippen molar-refractivity contribution in [2.24, 2.45) is 0 Å². The van der Waals surface area contributed by atoms with Crippen molar-refractivity contribution in [3.8, 4) is 0 Å². The van der Waals surface area contributed by atoms with Crippen LogP contribution in [0.4, 0.5) is 0 Å². The van der Waals surface area contributed by atoms with E-state index in [-0.39, 0.29) is 44.9 Å². The van der Waals surface area contributed by atoms with Crippen molar-refractivity contribution in [2.45, 2.75) is 232 Å². The molecule has 0 aromatic carbocycles. The lowest BCUT2D eigenvalue weighted by Crippen LogP contribution is -2.77. The van der Waals surface area contributed by atoms with Crippen LogP contribution in [0.5, 0.6) is 0 Å². The first-order valence-electron chi connectivity index (χ1n) is 24.0. The van der Waals surface area contributed by atoms with E-state index < -0.39 is 48.3 Å². The van der Waals surface area contributed by atoms with E-state index in [9.17, 15) is 0 Å². The summed E-state index contributed by atoms with van der Waals surface area (Å²) in [4.78, 5) is 0. The molecule has 12 nitrogen and oxygen atoms in total. The van der Waals surface area contributed by atoms with Crippen LogP contribution in [-0.2, 0) is 56.8 Å². The minimum absolute atomic E-state index is 0.0296. The predicted octanol–water partition coefficient (Wildman–Crippen LogP) is 13.3. The molecule has 0 aromatic rings. The van der Waals surface area contributed by atoms with Crippen LogP contribution in [-0.4, -0.2) is 48.3 Å². The molecule has 0 radical (unpaired) electrons. The number of ether oxygens (including phenoxy) is 12. The number of rotatable bonds is 28. The Morgan fingerprint density at radius 3 is 0.581 bits per heavy atom. The summed E-state index contributed by atoms with van der Waals surface area (Å²) in [5, 5.41) is 0. The summed E-state index contributed by atoms with van der Waals surface area (Å²) in [5.41, 5.74) is 0. The quantitative estimate of drug-likeness (QED) is 0.0698. The van der Waals surface area contributed by atoms with Crippen LogP contribution in [0.25, 0.3) is 0 Å². The Morgan fingerprint density at radius 2 is 0.403 bits per heavy atom. The second-order valence-electron chi connectivity index (χ2n) is 16.6. The number of hydrogen-bond acceptors (Lipinski definition) is 12. The first-order valence-corrected chi connectivity index (χ1v) is 24.0. The molecule has 0 aromatic heterocycles. The molecule has 0 N–H and O–H groups in total. The Balaban J connectivity index is 1.87. The first kappa shape index (κ1) is 50.7. The van der Waals surface area contributed by atoms with Gasteiger partial charge >= 0.3 is 0 Å². The highest BCUT2D eigenvalue weighted by molar-refractivity contribution is 5.01. The maximum absolute atomic E-state index is 7.32. The molecule has 0 aliphatic carbocycles. The second kappa shape index (κ2) is 24.3. The van der Waals surface area contributed by atoms with Gasteiger partial charge in [0, 0.05) is 44.9 Å². The van der Waals surface area contributed by atoms with E-state index >= 15 is 0 Å². The minimum Gasteiger partial charge on any atom is -0.271 e. The lowest BCUT2D eigenvalue weighted by molar-refractivity contribution is -0.777. The van der Waals surface area contributed by atoms with E-state index in [0.717, 1.165) is 89.9 Å². The van der Waals surface area contributed by atoms with Crippen molar-refractivity contribution in [1.29, 1.82) is 0 Å². The van der Waals surface area contributed by atoms with Gasteiger partial charge in [-0.2, -0.15) is 0 Å². The highest BCUT2D eigenvalue weighted by Gasteiger charge is 2.74. The molecular formula is C50H78O12. The number of hydrogen-bond donors (Lipinski definition) is 0. The van der Waals surface area contributed by atoms with Gasteiger partial charge in [-0.25, -0.2) is 0 Å². The summed E-state index contributed by atoms with van der Waals surface area (Å²) in [6.07, 6.45) is 40.6. The maximum Gasteiger partial charge on any atom is 0.299 e. The monoisotopic (exact) mass is 871 g/mol. The van der Waals surface area contributed by atoms with Gasteiger partial charge in [0.05, 0.1) is 0 Å². The number of allylic oxidation sites excluding steroid dienone is 7. The van der Waals surface area contributed by atoms with Crippen molar-refractivity contribution >= 4 is 0 Å². The van der Waals surface area contributed by atoms with Gasteiger partial charge in [0.25, 0.3) is 48.3 Å². The largest absolute Gasteiger partial charge is 0.299 e. The van der Waals surface area contributed by atoms with Gasteiger partial charge in [-0.15, -0.1) is 0 Å². The Hall–Kier alpha value is -2.30. The van der Waals surface area contributed by atoms with Gasteiger partial charge in [-0.3, -0.25) is 56.8 Å². The van der Waals surface area contributed by atoms with Gasteiger partial charge in [0.15, 0.2) is 0 Å². The Bertz CT molecular complexity index is 1360. The second-order valence-corrected chi connectivity index (χ2v) is 16.6. The molecule has 12 heteroatoms. The standard InChI is InChI=1S/C50H78O12/c1-8-15-22-29-36-44-51-43-52-45(37-30-23-16-9-2)56-47(54-44,39-32-25-18-11-4)60-50(42-35-28-21-14-7)61-48(55-44,40-33-26-19-12-5)57-46(53-43,38-31-24-17-10-3)59-49(58-45,62-50)41-34-27-20-13-6/h22-35,43H,8-21,36-42H2,1-7H3. The van der Waals surface area contributed by atoms with Crippen LogP contribution < -0.4 is 0 Å². The summed E-state index contributed by atoms with van der Waals surface area (Å²) < 4.78 is 86.2. The topological polar surface area (TPSA) is 111 Å². The normalized spacial score (nSPS) is 36.1. The molecule has 6 aliphatic heterocycles. The molecule has 6 aliphatic rings. The molecule has 0 spiro atoms. The fourth-order valence-electron chi connectivity index (χ4n) is 7.58. The summed E-state index contributed by atoms with van der Waals surface area (Å²) in [5.74, 6) is -14.4. The van der Waals surface area contributed by atoms with E-state index in [1.165, 1.54) is 0 Å². The van der Waals surface area contributed by atoms with Crippen LogP contribution in [0.1, 0.15) is 183 Å². The summed E-state index contributed by atoms with van der Waals surface area (Å²) >= 11 is 0. The third-order valence-electron chi connectivity index (χ3n) is 10.6. The molecule has 0 saturated carbocycles. The zero-order valence-corrected chi connectivity index (χ0v) is 38.9. The fraction of sp³-hybridized carbons (Fsp3) is 0.720. The highest BCUT2D eigenvalue weighted by atomic mass is 17.2. The summed E-state index contributed by atoms with van der Waals surface area (Å²) in [7, 11) is 0. The molecule has 6 saturated heterocycles. The van der Waals surface area contributed by atoms with Crippen LogP contribution in [0, 0.1) is 0 Å². The Morgan fingerprint density at radius 1 is 0.242 bits per heavy atom. The van der Waals surface area contributed by atoms with Crippen LogP contribution in [0.15, 0.2) is 85.1 Å². The Kier molecular flexibility index (Phi) is 19.9. The molecule has 6 rings (SSSR count). The maximum atomic E-state index is 7.32. The van der Waals surface area contributed by atoms with Crippen molar-refractivity contribution in [3.63, 3.8) is 0 Å². The first-order chi connectivity index (χ1) is 30.1. The zero-order chi connectivity index (χ0) is 44.3. The van der Waals surface area contributed by atoms with Crippen molar-refractivity contribution < 1.29 is 56.8 Å². The van der Waals surface area contributed by atoms with E-state index in [4.69, 9.17) is 56.8 Å². The number of unbranched alkanes of at least 4 members (excludes halogenated alkanes) is 7. The molecule has 0 unspecified atom stereocenters. The molecule has 0 amide bonds. The van der Waals surface area contributed by atoms with Crippen LogP contribution in [0.2, 0.25) is 0 Å². The molecule has 6 fully saturated rings. The summed E-state index contributed by atoms with van der Waals surface area (Å²) in [6, 6.07) is 0. The van der Waals surface area contributed by atoms with Gasteiger partial charge in [-0.1, -0.05) is 178 Å². The smallest absolute Gasteiger partial charge is 0.271 e. The minimum atomic E-state index is -2.09. The van der Waals surface area contributed by atoms with E-state index in [2.05, 4.69) is 91.0 Å². The van der Waals surface area contributed by atoms with E-state index in [0.29, 0.717) is 0 Å². The molecule has 8 bridgehead atoms. The third kappa shape index (κ3) is 13.9. The van der Waals surface area contributed by atoms with Gasteiger partial charge < -0.3 is 0 Å². The van der Waals surface area contributed by atoms with E-state index in [1.807, 2.05) is 42.5 Å². The van der Waals surface area contributed by atoms with Gasteiger partial charge in [-0.05, 0) is 44.9 Å². The van der Waals surface area contributed by atoms with Crippen molar-refractivity contribution in [2.75, 3.05) is 0 Å². The molecule has 62 heavy (non-hydrogen) atoms. The Labute approximate surface area is 372 Å². The van der Waals surface area contributed by atoms with Gasteiger partial charge in [0.1, 0.15) is 0 Å². The average molecular weight is 871 g/mol. The SMILES string of the molecule is CCCC=CCC12OC3OC4(CC=CCCC)OC(CC=CCCC)(O1)OC1(CC=CCCC)OC(CC=CCCC)(O2)OC(CC=CCCC)(O3)OC(CC=CCCC)(O4)O1. The molecular weight excluding hydrogens is 793 g/mol.